The lowest BCUT2D eigenvalue weighted by atomic mass is 9.88. The molecule has 1 saturated carbocycles. The molecule has 3 heterocycles. The average molecular weight is 521 g/mol. The van der Waals surface area contributed by atoms with Crippen molar-refractivity contribution in [3.05, 3.63) is 58.7 Å². The average Bonchev–Trinajstić information content (AvgIpc) is 3.40. The van der Waals surface area contributed by atoms with E-state index in [0.717, 1.165) is 58.0 Å². The molecule has 2 fully saturated rings. The fourth-order valence-electron chi connectivity index (χ4n) is 5.80. The van der Waals surface area contributed by atoms with Crippen molar-refractivity contribution in [1.29, 1.82) is 0 Å². The molecule has 2 aromatic heterocycles. The topological polar surface area (TPSA) is 93.6 Å². The van der Waals surface area contributed by atoms with Gasteiger partial charge in [-0.15, -0.1) is 0 Å². The number of imidazole rings is 1. The van der Waals surface area contributed by atoms with Crippen molar-refractivity contribution < 1.29 is 19.2 Å². The SMILES string of the molecule is COc1ccc(N2C(=O)CCCC2c2nc3cc(-c4c(C)noc4C)ccc3n2C2CC(O)C2)cc1Cl. The quantitative estimate of drug-likeness (QED) is 0.351. The number of hydrogen-bond acceptors (Lipinski definition) is 6. The highest BCUT2D eigenvalue weighted by molar-refractivity contribution is 6.32. The summed E-state index contributed by atoms with van der Waals surface area (Å²) in [6, 6.07) is 11.5. The van der Waals surface area contributed by atoms with E-state index in [2.05, 4.69) is 27.9 Å². The summed E-state index contributed by atoms with van der Waals surface area (Å²) in [7, 11) is 1.57. The molecule has 8 nitrogen and oxygen atoms in total. The number of methoxy groups -OCH3 is 1. The zero-order valence-corrected chi connectivity index (χ0v) is 21.8. The minimum atomic E-state index is -0.318. The molecule has 0 spiro atoms. The number of carbonyl (C=O) groups excluding carboxylic acids is 1. The number of fused-ring (bicyclic) bond motifs is 1. The smallest absolute Gasteiger partial charge is 0.227 e. The Bertz CT molecular complexity index is 1480. The van der Waals surface area contributed by atoms with E-state index in [0.29, 0.717) is 30.0 Å². The number of carbonyl (C=O) groups is 1. The van der Waals surface area contributed by atoms with E-state index >= 15 is 0 Å². The maximum atomic E-state index is 13.3. The van der Waals surface area contributed by atoms with Gasteiger partial charge in [0.25, 0.3) is 0 Å². The number of nitrogens with zero attached hydrogens (tertiary/aromatic N) is 4. The molecule has 2 aromatic carbocycles. The number of piperidine rings is 1. The van der Waals surface area contributed by atoms with Gasteiger partial charge in [0.05, 0.1) is 41.0 Å². The summed E-state index contributed by atoms with van der Waals surface area (Å²) in [6.45, 7) is 3.84. The summed E-state index contributed by atoms with van der Waals surface area (Å²) in [5.74, 6) is 2.21. The third-order valence-corrected chi connectivity index (χ3v) is 7.95. The highest BCUT2D eigenvalue weighted by atomic mass is 35.5. The van der Waals surface area contributed by atoms with E-state index in [9.17, 15) is 9.90 Å². The number of aliphatic hydroxyl groups excluding tert-OH is 1. The van der Waals surface area contributed by atoms with Crippen molar-refractivity contribution >= 4 is 34.2 Å². The summed E-state index contributed by atoms with van der Waals surface area (Å²) in [4.78, 5) is 20.3. The normalized spacial score (nSPS) is 21.9. The Kier molecular flexibility index (Phi) is 5.96. The van der Waals surface area contributed by atoms with Gasteiger partial charge in [-0.2, -0.15) is 0 Å². The minimum absolute atomic E-state index is 0.0427. The van der Waals surface area contributed by atoms with Crippen LogP contribution in [0, 0.1) is 13.8 Å². The Balaban J connectivity index is 1.50. The number of amides is 1. The fraction of sp³-hybridized carbons (Fsp3) is 0.393. The Labute approximate surface area is 219 Å². The first-order chi connectivity index (χ1) is 17.9. The lowest BCUT2D eigenvalue weighted by Crippen LogP contribution is -2.41. The van der Waals surface area contributed by atoms with Crippen molar-refractivity contribution in [3.8, 4) is 16.9 Å². The predicted octanol–water partition coefficient (Wildman–Crippen LogP) is 5.92. The van der Waals surface area contributed by atoms with Gasteiger partial charge in [0.2, 0.25) is 5.91 Å². The monoisotopic (exact) mass is 520 g/mol. The van der Waals surface area contributed by atoms with Crippen LogP contribution in [-0.2, 0) is 4.79 Å². The first-order valence-electron chi connectivity index (χ1n) is 12.6. The highest BCUT2D eigenvalue weighted by Crippen LogP contribution is 2.43. The van der Waals surface area contributed by atoms with Crippen molar-refractivity contribution in [1.82, 2.24) is 14.7 Å². The van der Waals surface area contributed by atoms with Crippen molar-refractivity contribution in [2.24, 2.45) is 0 Å². The number of hydrogen-bond donors (Lipinski definition) is 1. The van der Waals surface area contributed by atoms with Crippen LogP contribution in [-0.4, -0.2) is 38.9 Å². The van der Waals surface area contributed by atoms with E-state index in [4.69, 9.17) is 25.8 Å². The molecule has 4 aromatic rings. The lowest BCUT2D eigenvalue weighted by Gasteiger charge is -2.39. The molecule has 1 saturated heterocycles. The zero-order chi connectivity index (χ0) is 25.8. The molecule has 6 rings (SSSR count). The van der Waals surface area contributed by atoms with Crippen LogP contribution in [0.15, 0.2) is 40.9 Å². The van der Waals surface area contributed by atoms with Gasteiger partial charge in [-0.3, -0.25) is 4.79 Å². The molecule has 1 atom stereocenters. The molecule has 192 valence electrons. The number of aryl methyl sites for hydroxylation is 2. The molecular weight excluding hydrogens is 492 g/mol. The number of rotatable bonds is 5. The number of halogens is 1. The second-order valence-corrected chi connectivity index (χ2v) is 10.4. The summed E-state index contributed by atoms with van der Waals surface area (Å²) in [6.07, 6.45) is 3.05. The number of anilines is 1. The molecule has 0 radical (unpaired) electrons. The maximum Gasteiger partial charge on any atom is 0.227 e. The van der Waals surface area contributed by atoms with Crippen molar-refractivity contribution in [2.45, 2.75) is 64.1 Å². The van der Waals surface area contributed by atoms with Crippen molar-refractivity contribution in [3.63, 3.8) is 0 Å². The molecule has 1 amide bonds. The molecular formula is C28H29ClN4O4. The van der Waals surface area contributed by atoms with Crippen LogP contribution in [0.25, 0.3) is 22.2 Å². The molecule has 37 heavy (non-hydrogen) atoms. The summed E-state index contributed by atoms with van der Waals surface area (Å²) >= 11 is 6.45. The molecule has 9 heteroatoms. The van der Waals surface area contributed by atoms with Crippen LogP contribution in [0.1, 0.15) is 61.5 Å². The Morgan fingerprint density at radius 2 is 1.97 bits per heavy atom. The second kappa shape index (κ2) is 9.19. The Hall–Kier alpha value is -3.36. The molecule has 1 N–H and O–H groups in total. The van der Waals surface area contributed by atoms with Gasteiger partial charge >= 0.3 is 0 Å². The van der Waals surface area contributed by atoms with Crippen molar-refractivity contribution in [2.75, 3.05) is 12.0 Å². The lowest BCUT2D eigenvalue weighted by molar-refractivity contribution is -0.120. The predicted molar refractivity (Wildman–Crippen MR) is 141 cm³/mol. The molecule has 2 aliphatic rings. The molecule has 1 aliphatic carbocycles. The third kappa shape index (κ3) is 3.99. The zero-order valence-electron chi connectivity index (χ0n) is 21.1. The van der Waals surface area contributed by atoms with Crippen LogP contribution in [0.5, 0.6) is 5.75 Å². The third-order valence-electron chi connectivity index (χ3n) is 7.65. The standard InChI is InChI=1S/C28H29ClN4O4/c1-15-27(16(2)37-31-15)17-7-9-23-22(11-17)30-28(33(23)19-12-20(34)13-19)24-5-4-6-26(35)32(24)18-8-10-25(36-3)21(29)14-18/h7-11,14,19-20,24,34H,4-6,12-13H2,1-3H3. The van der Waals surface area contributed by atoms with E-state index in [1.165, 1.54) is 0 Å². The van der Waals surface area contributed by atoms with Gasteiger partial charge in [-0.1, -0.05) is 22.8 Å². The number of aliphatic hydroxyl groups is 1. The van der Waals surface area contributed by atoms with E-state index in [1.54, 1.807) is 19.2 Å². The molecule has 1 aliphatic heterocycles. The van der Waals surface area contributed by atoms with Crippen LogP contribution < -0.4 is 9.64 Å². The highest BCUT2D eigenvalue weighted by Gasteiger charge is 2.38. The van der Waals surface area contributed by atoms with Gasteiger partial charge in [-0.25, -0.2) is 4.98 Å². The van der Waals surface area contributed by atoms with Gasteiger partial charge in [-0.05, 0) is 75.4 Å². The van der Waals surface area contributed by atoms with Gasteiger partial charge < -0.3 is 23.8 Å². The van der Waals surface area contributed by atoms with Gasteiger partial charge in [0.15, 0.2) is 0 Å². The number of benzene rings is 2. The first-order valence-corrected chi connectivity index (χ1v) is 13.0. The summed E-state index contributed by atoms with van der Waals surface area (Å²) < 4.78 is 13.0. The van der Waals surface area contributed by atoms with Crippen LogP contribution in [0.2, 0.25) is 5.02 Å². The fourth-order valence-corrected chi connectivity index (χ4v) is 6.05. The van der Waals surface area contributed by atoms with E-state index in [1.807, 2.05) is 24.8 Å². The number of ether oxygens (including phenoxy) is 1. The maximum absolute atomic E-state index is 13.3. The summed E-state index contributed by atoms with van der Waals surface area (Å²) in [5, 5.41) is 14.7. The molecule has 0 bridgehead atoms. The Morgan fingerprint density at radius 1 is 1.16 bits per heavy atom. The van der Waals surface area contributed by atoms with Crippen LogP contribution in [0.4, 0.5) is 5.69 Å². The summed E-state index contributed by atoms with van der Waals surface area (Å²) in [5.41, 5.74) is 5.36. The largest absolute Gasteiger partial charge is 0.495 e. The van der Waals surface area contributed by atoms with Gasteiger partial charge in [0.1, 0.15) is 17.3 Å². The Morgan fingerprint density at radius 3 is 2.65 bits per heavy atom. The minimum Gasteiger partial charge on any atom is -0.495 e. The van der Waals surface area contributed by atoms with E-state index in [-0.39, 0.29) is 24.1 Å². The number of aromatic nitrogens is 3. The van der Waals surface area contributed by atoms with Gasteiger partial charge in [0, 0.05) is 23.7 Å². The molecule has 1 unspecified atom stereocenters. The second-order valence-electron chi connectivity index (χ2n) is 10.0. The van der Waals surface area contributed by atoms with E-state index < -0.39 is 0 Å². The first kappa shape index (κ1) is 24.0. The van der Waals surface area contributed by atoms with Crippen LogP contribution >= 0.6 is 11.6 Å². The van der Waals surface area contributed by atoms with Crippen LogP contribution in [0.3, 0.4) is 0 Å².